The van der Waals surface area contributed by atoms with Gasteiger partial charge in [0.2, 0.25) is 0 Å². The van der Waals surface area contributed by atoms with Crippen molar-refractivity contribution >= 4 is 22.6 Å². The van der Waals surface area contributed by atoms with Crippen molar-refractivity contribution in [1.82, 2.24) is 5.32 Å². The predicted molar refractivity (Wildman–Crippen MR) is 83.4 cm³/mol. The first-order valence-corrected chi connectivity index (χ1v) is 6.80. The summed E-state index contributed by atoms with van der Waals surface area (Å²) in [6, 6.07) is 17.3. The van der Waals surface area contributed by atoms with Gasteiger partial charge >= 0.3 is 0 Å². The van der Waals surface area contributed by atoms with Crippen molar-refractivity contribution in [2.24, 2.45) is 0 Å². The molecule has 0 aliphatic heterocycles. The number of para-hydroxylation sites is 1. The number of benzene rings is 2. The van der Waals surface area contributed by atoms with E-state index >= 15 is 0 Å². The van der Waals surface area contributed by atoms with Gasteiger partial charge in [0.25, 0.3) is 5.91 Å². The number of furan rings is 1. The fraction of sp³-hybridized carbons (Fsp3) is 0.118. The highest BCUT2D eigenvalue weighted by atomic mass is 16.3. The molecule has 3 rings (SSSR count). The number of hydrogen-bond donors (Lipinski definition) is 2. The van der Waals surface area contributed by atoms with Crippen LogP contribution in [0.25, 0.3) is 11.0 Å². The third kappa shape index (κ3) is 2.89. The lowest BCUT2D eigenvalue weighted by atomic mass is 10.2. The van der Waals surface area contributed by atoms with Crippen LogP contribution in [0.3, 0.4) is 0 Å². The molecule has 1 heterocycles. The van der Waals surface area contributed by atoms with E-state index in [1.54, 1.807) is 19.2 Å². The highest BCUT2D eigenvalue weighted by Gasteiger charge is 2.04. The fourth-order valence-electron chi connectivity index (χ4n) is 2.20. The van der Waals surface area contributed by atoms with Crippen LogP contribution in [-0.2, 0) is 6.54 Å². The van der Waals surface area contributed by atoms with Gasteiger partial charge in [-0.3, -0.25) is 4.79 Å². The van der Waals surface area contributed by atoms with E-state index in [0.29, 0.717) is 12.1 Å². The molecule has 1 aromatic heterocycles. The smallest absolute Gasteiger partial charge is 0.251 e. The highest BCUT2D eigenvalue weighted by molar-refractivity contribution is 5.94. The van der Waals surface area contributed by atoms with Gasteiger partial charge < -0.3 is 15.1 Å². The summed E-state index contributed by atoms with van der Waals surface area (Å²) in [6.07, 6.45) is 0. The number of carbonyl (C=O) groups excluding carboxylic acids is 1. The Morgan fingerprint density at radius 1 is 1.10 bits per heavy atom. The quantitative estimate of drug-likeness (QED) is 0.770. The zero-order valence-corrected chi connectivity index (χ0v) is 11.7. The van der Waals surface area contributed by atoms with E-state index in [1.807, 2.05) is 42.5 Å². The molecule has 0 spiro atoms. The molecule has 0 saturated carbocycles. The Hall–Kier alpha value is -2.75. The van der Waals surface area contributed by atoms with Gasteiger partial charge in [0.05, 0.1) is 6.54 Å². The van der Waals surface area contributed by atoms with Crippen molar-refractivity contribution in [1.29, 1.82) is 0 Å². The van der Waals surface area contributed by atoms with E-state index in [4.69, 9.17) is 4.42 Å². The first-order valence-electron chi connectivity index (χ1n) is 6.80. The monoisotopic (exact) mass is 280 g/mol. The number of anilines is 1. The average Bonchev–Trinajstić information content (AvgIpc) is 2.95. The second kappa shape index (κ2) is 5.71. The molecule has 0 aliphatic carbocycles. The third-order valence-electron chi connectivity index (χ3n) is 3.32. The molecule has 106 valence electrons. The molecule has 1 amide bonds. The van der Waals surface area contributed by atoms with Crippen LogP contribution < -0.4 is 10.6 Å². The largest absolute Gasteiger partial charge is 0.459 e. The van der Waals surface area contributed by atoms with Gasteiger partial charge in [-0.05, 0) is 36.4 Å². The summed E-state index contributed by atoms with van der Waals surface area (Å²) in [7, 11) is 1.62. The topological polar surface area (TPSA) is 54.3 Å². The van der Waals surface area contributed by atoms with Gasteiger partial charge in [-0.15, -0.1) is 0 Å². The van der Waals surface area contributed by atoms with Gasteiger partial charge in [-0.1, -0.05) is 18.2 Å². The van der Waals surface area contributed by atoms with Crippen molar-refractivity contribution in [3.8, 4) is 0 Å². The summed E-state index contributed by atoms with van der Waals surface area (Å²) in [5.74, 6) is 0.797. The van der Waals surface area contributed by atoms with Crippen LogP contribution in [0.1, 0.15) is 16.1 Å². The standard InChI is InChI=1S/C17H16N2O2/c1-18-17(20)12-6-8-14(9-7-12)19-11-15-10-13-4-2-3-5-16(13)21-15/h2-10,19H,11H2,1H3,(H,18,20). The summed E-state index contributed by atoms with van der Waals surface area (Å²) in [5, 5.41) is 6.98. The number of rotatable bonds is 4. The van der Waals surface area contributed by atoms with Crippen molar-refractivity contribution in [3.05, 3.63) is 65.9 Å². The maximum absolute atomic E-state index is 11.5. The third-order valence-corrected chi connectivity index (χ3v) is 3.32. The Morgan fingerprint density at radius 3 is 2.57 bits per heavy atom. The van der Waals surface area contributed by atoms with Crippen molar-refractivity contribution in [3.63, 3.8) is 0 Å². The summed E-state index contributed by atoms with van der Waals surface area (Å²) >= 11 is 0. The zero-order valence-electron chi connectivity index (χ0n) is 11.7. The predicted octanol–water partition coefficient (Wildman–Crippen LogP) is 3.40. The second-order valence-corrected chi connectivity index (χ2v) is 4.76. The maximum atomic E-state index is 11.5. The van der Waals surface area contributed by atoms with Gasteiger partial charge in [-0.25, -0.2) is 0 Å². The van der Waals surface area contributed by atoms with Crippen LogP contribution in [0.2, 0.25) is 0 Å². The molecule has 2 N–H and O–H groups in total. The number of amides is 1. The average molecular weight is 280 g/mol. The van der Waals surface area contributed by atoms with Crippen molar-refractivity contribution in [2.75, 3.05) is 12.4 Å². The molecule has 21 heavy (non-hydrogen) atoms. The van der Waals surface area contributed by atoms with E-state index in [2.05, 4.69) is 10.6 Å². The lowest BCUT2D eigenvalue weighted by molar-refractivity contribution is 0.0963. The van der Waals surface area contributed by atoms with Crippen LogP contribution in [0.5, 0.6) is 0 Å². The summed E-state index contributed by atoms with van der Waals surface area (Å²) in [4.78, 5) is 11.5. The molecule has 2 aromatic carbocycles. The molecule has 0 fully saturated rings. The first kappa shape index (κ1) is 13.2. The summed E-state index contributed by atoms with van der Waals surface area (Å²) in [6.45, 7) is 0.605. The number of hydrogen-bond acceptors (Lipinski definition) is 3. The molecule has 4 heteroatoms. The van der Waals surface area contributed by atoms with Crippen LogP contribution in [-0.4, -0.2) is 13.0 Å². The second-order valence-electron chi connectivity index (χ2n) is 4.76. The van der Waals surface area contributed by atoms with Crippen molar-refractivity contribution in [2.45, 2.75) is 6.54 Å². The Kier molecular flexibility index (Phi) is 3.60. The van der Waals surface area contributed by atoms with E-state index in [0.717, 1.165) is 22.4 Å². The molecule has 0 atom stereocenters. The lowest BCUT2D eigenvalue weighted by Crippen LogP contribution is -2.17. The summed E-state index contributed by atoms with van der Waals surface area (Å²) in [5.41, 5.74) is 2.49. The highest BCUT2D eigenvalue weighted by Crippen LogP contribution is 2.20. The first-order chi connectivity index (χ1) is 10.3. The normalized spacial score (nSPS) is 10.5. The minimum Gasteiger partial charge on any atom is -0.459 e. The van der Waals surface area contributed by atoms with E-state index in [-0.39, 0.29) is 5.91 Å². The van der Waals surface area contributed by atoms with E-state index in [1.165, 1.54) is 0 Å². The number of carbonyl (C=O) groups is 1. The molecule has 0 aliphatic rings. The zero-order chi connectivity index (χ0) is 14.7. The van der Waals surface area contributed by atoms with Gasteiger partial charge in [0, 0.05) is 23.7 Å². The lowest BCUT2D eigenvalue weighted by Gasteiger charge is -2.05. The van der Waals surface area contributed by atoms with E-state index < -0.39 is 0 Å². The van der Waals surface area contributed by atoms with Gasteiger partial charge in [0.15, 0.2) is 0 Å². The molecule has 0 bridgehead atoms. The van der Waals surface area contributed by atoms with Gasteiger partial charge in [0.1, 0.15) is 11.3 Å². The van der Waals surface area contributed by atoms with Gasteiger partial charge in [-0.2, -0.15) is 0 Å². The molecule has 3 aromatic rings. The SMILES string of the molecule is CNC(=O)c1ccc(NCc2cc3ccccc3o2)cc1. The van der Waals surface area contributed by atoms with Crippen molar-refractivity contribution < 1.29 is 9.21 Å². The van der Waals surface area contributed by atoms with E-state index in [9.17, 15) is 4.79 Å². The molecular weight excluding hydrogens is 264 g/mol. The minimum atomic E-state index is -0.0844. The Labute approximate surface area is 122 Å². The Bertz CT molecular complexity index is 727. The fourth-order valence-corrected chi connectivity index (χ4v) is 2.20. The molecule has 4 nitrogen and oxygen atoms in total. The minimum absolute atomic E-state index is 0.0844. The Balaban J connectivity index is 1.68. The maximum Gasteiger partial charge on any atom is 0.251 e. The molecular formula is C17H16N2O2. The molecule has 0 unspecified atom stereocenters. The molecule has 0 radical (unpaired) electrons. The summed E-state index contributed by atoms with van der Waals surface area (Å²) < 4.78 is 5.74. The number of fused-ring (bicyclic) bond motifs is 1. The van der Waals surface area contributed by atoms with Crippen LogP contribution >= 0.6 is 0 Å². The van der Waals surface area contributed by atoms with Crippen LogP contribution in [0.15, 0.2) is 59.0 Å². The Morgan fingerprint density at radius 2 is 1.86 bits per heavy atom. The van der Waals surface area contributed by atoms with Crippen LogP contribution in [0.4, 0.5) is 5.69 Å². The number of nitrogens with one attached hydrogen (secondary N) is 2. The van der Waals surface area contributed by atoms with Crippen LogP contribution in [0, 0.1) is 0 Å². The molecule has 0 saturated heterocycles.